The highest BCUT2D eigenvalue weighted by atomic mass is 16.3. The zero-order valence-corrected chi connectivity index (χ0v) is 61.9. The summed E-state index contributed by atoms with van der Waals surface area (Å²) in [5, 5.41) is 3.92. The van der Waals surface area contributed by atoms with Crippen LogP contribution in [0.15, 0.2) is 301 Å². The normalized spacial score (nSPS) is 14.3. The highest BCUT2D eigenvalue weighted by Crippen LogP contribution is 2.56. The number of benzene rings is 14. The lowest BCUT2D eigenvalue weighted by Gasteiger charge is -2.45. The number of fused-ring (bicyclic) bond motifs is 13. The molecule has 0 radical (unpaired) electrons. The Kier molecular flexibility index (Phi) is 12.7. The minimum Gasteiger partial charge on any atom is -0.456 e. The number of hydrogen-bond donors (Lipinski definition) is 0. The van der Waals surface area contributed by atoms with Gasteiger partial charge in [-0.15, -0.1) is 0 Å². The predicted molar refractivity (Wildman–Crippen MR) is 453 cm³/mol. The Balaban J connectivity index is 1.05. The van der Waals surface area contributed by atoms with Crippen LogP contribution >= 0.6 is 0 Å². The molecule has 0 N–H and O–H groups in total. The van der Waals surface area contributed by atoms with Gasteiger partial charge in [0.2, 0.25) is 0 Å². The van der Waals surface area contributed by atoms with Crippen LogP contribution in [-0.4, -0.2) is 15.8 Å². The fourth-order valence-electron chi connectivity index (χ4n) is 16.8. The number of aromatic nitrogens is 2. The van der Waals surface area contributed by atoms with Gasteiger partial charge < -0.3 is 23.4 Å². The molecule has 0 saturated heterocycles. The van der Waals surface area contributed by atoms with E-state index >= 15 is 0 Å². The fourth-order valence-corrected chi connectivity index (χ4v) is 16.8. The summed E-state index contributed by atoms with van der Waals surface area (Å²) in [6.07, 6.45) is 0. The summed E-state index contributed by atoms with van der Waals surface area (Å²) in [4.78, 5) is 5.06. The molecule has 6 heteroatoms. The van der Waals surface area contributed by atoms with Gasteiger partial charge in [0.25, 0.3) is 6.71 Å². The first kappa shape index (κ1) is 56.6. The van der Waals surface area contributed by atoms with Gasteiger partial charge in [-0.3, -0.25) is 0 Å². The molecule has 17 aromatic rings. The minimum atomic E-state index is -0.539. The average Bonchev–Trinajstić information content (AvgIpc) is 0.955. The molecule has 5 heterocycles. The Morgan fingerprint density at radius 1 is 0.302 bits per heavy atom. The molecule has 0 amide bonds. The van der Waals surface area contributed by atoms with Crippen molar-refractivity contribution in [1.82, 2.24) is 9.13 Å². The molecular formula is C100H85BN4O. The van der Waals surface area contributed by atoms with Crippen molar-refractivity contribution in [2.24, 2.45) is 0 Å². The molecule has 3 aromatic heterocycles. The number of nitrogens with zero attached hydrogens (tertiary/aromatic N) is 4. The topological polar surface area (TPSA) is 29.5 Å². The molecule has 0 spiro atoms. The third-order valence-electron chi connectivity index (χ3n) is 22.3. The Morgan fingerprint density at radius 3 is 1.43 bits per heavy atom. The molecule has 0 unspecified atom stereocenters. The van der Waals surface area contributed by atoms with E-state index in [0.717, 1.165) is 156 Å². The largest absolute Gasteiger partial charge is 0.456 e. The van der Waals surface area contributed by atoms with E-state index in [1.54, 1.807) is 4.57 Å². The lowest BCUT2D eigenvalue weighted by molar-refractivity contribution is 0.569. The maximum Gasteiger partial charge on any atom is 0.252 e. The van der Waals surface area contributed by atoms with Crippen LogP contribution in [0.5, 0.6) is 0 Å². The van der Waals surface area contributed by atoms with Crippen molar-refractivity contribution in [2.45, 2.75) is 105 Å². The first-order chi connectivity index (χ1) is 54.4. The fraction of sp³-hybridized carbons (Fsp3) is 0.160. The van der Waals surface area contributed by atoms with Gasteiger partial charge in [-0.25, -0.2) is 0 Å². The molecule has 2 aliphatic rings. The molecule has 514 valence electrons. The second kappa shape index (κ2) is 23.8. The van der Waals surface area contributed by atoms with Gasteiger partial charge >= 0.3 is 0 Å². The lowest BCUT2D eigenvalue weighted by atomic mass is 9.33. The number of para-hydroxylation sites is 5. The van der Waals surface area contributed by atoms with Crippen LogP contribution in [0.1, 0.15) is 116 Å². The van der Waals surface area contributed by atoms with E-state index in [4.69, 9.17) is 7.16 Å². The van der Waals surface area contributed by atoms with Crippen molar-refractivity contribution in [2.75, 3.05) is 9.80 Å². The molecule has 106 heavy (non-hydrogen) atoms. The van der Waals surface area contributed by atoms with Crippen LogP contribution < -0.4 is 26.2 Å². The van der Waals surface area contributed by atoms with E-state index in [2.05, 4.69) is 334 Å². The minimum absolute atomic E-state index is 0.00394. The molecule has 0 bridgehead atoms. The van der Waals surface area contributed by atoms with Crippen molar-refractivity contribution < 1.29 is 15.4 Å². The summed E-state index contributed by atoms with van der Waals surface area (Å²) in [6, 6.07) is 87.0. The molecule has 0 saturated carbocycles. The second-order valence-electron chi connectivity index (χ2n) is 33.1. The van der Waals surface area contributed by atoms with Gasteiger partial charge in [0.1, 0.15) is 11.2 Å². The molecular weight excluding hydrogens is 1280 g/mol. The maximum atomic E-state index is 9.97. The van der Waals surface area contributed by atoms with Crippen LogP contribution in [0.2, 0.25) is 0 Å². The van der Waals surface area contributed by atoms with Gasteiger partial charge in [0, 0.05) is 72.2 Å². The van der Waals surface area contributed by atoms with Crippen LogP contribution in [0.4, 0.5) is 34.1 Å². The van der Waals surface area contributed by atoms with Crippen LogP contribution in [0.25, 0.3) is 121 Å². The van der Waals surface area contributed by atoms with E-state index in [9.17, 15) is 8.22 Å². The molecule has 0 fully saturated rings. The van der Waals surface area contributed by atoms with Gasteiger partial charge in [-0.2, -0.15) is 0 Å². The first-order valence-corrected chi connectivity index (χ1v) is 37.0. The van der Waals surface area contributed by atoms with E-state index in [-0.39, 0.29) is 55.6 Å². The molecule has 5 nitrogen and oxygen atoms in total. The second-order valence-corrected chi connectivity index (χ2v) is 33.1. The van der Waals surface area contributed by atoms with E-state index in [0.29, 0.717) is 5.69 Å². The summed E-state index contributed by atoms with van der Waals surface area (Å²) >= 11 is 0. The van der Waals surface area contributed by atoms with Gasteiger partial charge in [-0.05, 0) is 179 Å². The molecule has 0 atom stereocenters. The van der Waals surface area contributed by atoms with Crippen molar-refractivity contribution in [1.29, 1.82) is 0 Å². The Morgan fingerprint density at radius 2 is 0.783 bits per heavy atom. The molecule has 19 rings (SSSR count). The number of furan rings is 1. The molecule has 0 aliphatic carbocycles. The van der Waals surface area contributed by atoms with Gasteiger partial charge in [-0.1, -0.05) is 295 Å². The number of rotatable bonds is 8. The van der Waals surface area contributed by atoms with E-state index in [1.807, 2.05) is 12.1 Å². The quantitative estimate of drug-likeness (QED) is 0.142. The summed E-state index contributed by atoms with van der Waals surface area (Å²) in [6.45, 7) is 26.7. The van der Waals surface area contributed by atoms with Crippen molar-refractivity contribution in [3.05, 3.63) is 319 Å². The molecule has 2 aliphatic heterocycles. The van der Waals surface area contributed by atoms with Crippen LogP contribution in [0, 0.1) is 0 Å². The highest BCUT2D eigenvalue weighted by molar-refractivity contribution is 7.00. The first-order valence-electron chi connectivity index (χ1n) is 41.0. The van der Waals surface area contributed by atoms with Gasteiger partial charge in [0.05, 0.1) is 49.8 Å². The smallest absolute Gasteiger partial charge is 0.252 e. The zero-order valence-electron chi connectivity index (χ0n) is 69.9. The van der Waals surface area contributed by atoms with Gasteiger partial charge in [0.15, 0.2) is 0 Å². The predicted octanol–water partition coefficient (Wildman–Crippen LogP) is 25.7. The summed E-state index contributed by atoms with van der Waals surface area (Å²) < 4.78 is 87.5. The third kappa shape index (κ3) is 10.3. The highest BCUT2D eigenvalue weighted by Gasteiger charge is 2.46. The Hall–Kier alpha value is -11.9. The summed E-state index contributed by atoms with van der Waals surface area (Å²) in [7, 11) is 0. The number of anilines is 6. The standard InChI is InChI=1S/C100H85BN4O/c1-97(2,3)68-33-27-31-63(53-68)67-58-88-94-89(59-67)105(95-75(65-32-28-34-69(54-65)98(4,5)6)47-51-85-92(95)78-39-21-25-43-84(78)102(85)72-35-17-14-18-36-72)87-61-73(103-82-41-23-19-37-76(82)77-38-20-24-42-83(77)103)46-50-81(87)101(94)80-49-45-64(66-55-70(99(7,8)9)60-71(56-66)100(10,11)12)57-86(80)104(88)96-74(62-29-15-13-16-30-62)48-52-91-93(96)79-40-22-26-44-90(79)106-91/h13-61H,1-12H3/i19D,20D,23D,24D,37D,38D,41D,42D. The lowest BCUT2D eigenvalue weighted by Crippen LogP contribution is -2.61. The summed E-state index contributed by atoms with van der Waals surface area (Å²) in [5.74, 6) is 0. The van der Waals surface area contributed by atoms with Crippen LogP contribution in [-0.2, 0) is 21.7 Å². The van der Waals surface area contributed by atoms with E-state index in [1.165, 1.54) is 11.1 Å². The SMILES string of the molecule is [2H]c1c([2H])c([2H])c2c(c1[2H])c1c([2H])c([2H])c([2H])c([2H])c1n2-c1ccc2c(c1)N(c1c(-c3cccc(C(C)(C)C)c3)ccc3c1c1ccccc1n3-c1ccccc1)c1cc(-c3cccc(C(C)(C)C)c3)cc3c1B2c1ccc(-c2cc(C(C)(C)C)cc(C(C)(C)C)c2)cc1N3c1c(-c2ccccc2)ccc2oc3ccccc3c12. The van der Waals surface area contributed by atoms with E-state index < -0.39 is 43.0 Å². The van der Waals surface area contributed by atoms with Crippen molar-refractivity contribution in [3.63, 3.8) is 0 Å². The van der Waals surface area contributed by atoms with Crippen molar-refractivity contribution >= 4 is 123 Å². The third-order valence-corrected chi connectivity index (χ3v) is 22.3. The zero-order chi connectivity index (χ0) is 79.4. The number of hydrogen-bond acceptors (Lipinski definition) is 3. The summed E-state index contributed by atoms with van der Waals surface area (Å²) in [5.41, 5.74) is 25.2. The monoisotopic (exact) mass is 1380 g/mol. The Labute approximate surface area is 633 Å². The maximum absolute atomic E-state index is 9.97. The van der Waals surface area contributed by atoms with Crippen molar-refractivity contribution in [3.8, 4) is 55.9 Å². The Bertz CT molecular complexity index is 6860. The average molecular weight is 1380 g/mol. The van der Waals surface area contributed by atoms with Crippen LogP contribution in [0.3, 0.4) is 0 Å². The molecule has 14 aromatic carbocycles.